The fourth-order valence-electron chi connectivity index (χ4n) is 1.41. The van der Waals surface area contributed by atoms with Crippen LogP contribution >= 0.6 is 0 Å². The Morgan fingerprint density at radius 1 is 1.15 bits per heavy atom. The smallest absolute Gasteiger partial charge is 0.206 e. The van der Waals surface area contributed by atoms with E-state index in [-0.39, 0.29) is 5.78 Å². The van der Waals surface area contributed by atoms with Gasteiger partial charge in [0.1, 0.15) is 12.2 Å². The molecule has 20 heavy (non-hydrogen) atoms. The molecular weight excluding hydrogens is 252 g/mol. The zero-order valence-electron chi connectivity index (χ0n) is 12.4. The predicted octanol–water partition coefficient (Wildman–Crippen LogP) is 2.22. The number of carbonyl (C=O) groups excluding carboxylic acids is 1. The number of aliphatic hydroxyl groups is 2. The molecule has 110 valence electrons. The van der Waals surface area contributed by atoms with Crippen LogP contribution in [0.4, 0.5) is 0 Å². The molecular formula is C17H24O3. The van der Waals surface area contributed by atoms with E-state index < -0.39 is 12.2 Å². The highest BCUT2D eigenvalue weighted by Gasteiger charge is 2.08. The van der Waals surface area contributed by atoms with Gasteiger partial charge in [0.15, 0.2) is 0 Å². The minimum absolute atomic E-state index is 0.193. The van der Waals surface area contributed by atoms with Gasteiger partial charge in [0, 0.05) is 6.42 Å². The molecule has 0 rings (SSSR count). The lowest BCUT2D eigenvalue weighted by molar-refractivity contribution is -0.113. The number of unbranched alkanes of at least 4 members (excludes halogenated alkanes) is 4. The third-order valence-electron chi connectivity index (χ3n) is 2.69. The number of hydrogen-bond acceptors (Lipinski definition) is 3. The molecule has 3 nitrogen and oxygen atoms in total. The Balaban J connectivity index is 4.05. The van der Waals surface area contributed by atoms with Crippen molar-refractivity contribution in [1.82, 2.24) is 0 Å². The molecule has 2 N–H and O–H groups in total. The first kappa shape index (κ1) is 18.4. The van der Waals surface area contributed by atoms with Gasteiger partial charge in [0.2, 0.25) is 5.78 Å². The number of rotatable bonds is 8. The number of aliphatic hydroxyl groups excluding tert-OH is 2. The van der Waals surface area contributed by atoms with Crippen LogP contribution in [0, 0.1) is 23.7 Å². The summed E-state index contributed by atoms with van der Waals surface area (Å²) in [6.45, 7) is 3.87. The van der Waals surface area contributed by atoms with Gasteiger partial charge in [0.05, 0.1) is 0 Å². The number of carbonyl (C=O) groups is 1. The van der Waals surface area contributed by atoms with E-state index in [1.165, 1.54) is 19.3 Å². The van der Waals surface area contributed by atoms with Crippen molar-refractivity contribution in [3.63, 3.8) is 0 Å². The van der Waals surface area contributed by atoms with E-state index in [4.69, 9.17) is 0 Å². The molecule has 0 fully saturated rings. The highest BCUT2D eigenvalue weighted by Crippen LogP contribution is 2.04. The van der Waals surface area contributed by atoms with Crippen molar-refractivity contribution >= 4 is 5.78 Å². The summed E-state index contributed by atoms with van der Waals surface area (Å²) in [5.41, 5.74) is 0. The molecule has 0 aromatic rings. The molecule has 0 bridgehead atoms. The Labute approximate surface area is 122 Å². The fourth-order valence-corrected chi connectivity index (χ4v) is 1.41. The highest BCUT2D eigenvalue weighted by molar-refractivity contribution is 5.95. The number of allylic oxidation sites excluding steroid dienone is 1. The van der Waals surface area contributed by atoms with Gasteiger partial charge in [-0.1, -0.05) is 51.2 Å². The van der Waals surface area contributed by atoms with Crippen LogP contribution in [-0.2, 0) is 4.79 Å². The number of hydrogen-bond donors (Lipinski definition) is 2. The molecule has 2 atom stereocenters. The van der Waals surface area contributed by atoms with Crippen molar-refractivity contribution in [3.8, 4) is 23.7 Å². The summed E-state index contributed by atoms with van der Waals surface area (Å²) in [4.78, 5) is 10.9. The third-order valence-corrected chi connectivity index (χ3v) is 2.69. The van der Waals surface area contributed by atoms with Crippen molar-refractivity contribution in [2.75, 3.05) is 0 Å². The largest absolute Gasteiger partial charge is 0.385 e. The Morgan fingerprint density at radius 3 is 2.55 bits per heavy atom. The molecule has 0 radical (unpaired) electrons. The van der Waals surface area contributed by atoms with Crippen LogP contribution in [0.5, 0.6) is 0 Å². The molecule has 0 saturated carbocycles. The summed E-state index contributed by atoms with van der Waals surface area (Å²) >= 11 is 0. The van der Waals surface area contributed by atoms with Gasteiger partial charge < -0.3 is 10.2 Å². The molecule has 0 spiro atoms. The van der Waals surface area contributed by atoms with Gasteiger partial charge >= 0.3 is 0 Å². The van der Waals surface area contributed by atoms with Crippen LogP contribution in [0.15, 0.2) is 12.2 Å². The average Bonchev–Trinajstić information content (AvgIpc) is 2.46. The van der Waals surface area contributed by atoms with Crippen molar-refractivity contribution in [1.29, 1.82) is 0 Å². The Bertz CT molecular complexity index is 415. The lowest BCUT2D eigenvalue weighted by Crippen LogP contribution is -2.21. The van der Waals surface area contributed by atoms with Crippen LogP contribution in [-0.4, -0.2) is 28.2 Å². The Morgan fingerprint density at radius 2 is 1.90 bits per heavy atom. The third kappa shape index (κ3) is 10.4. The second kappa shape index (κ2) is 12.5. The normalized spacial score (nSPS) is 13.0. The Hall–Kier alpha value is -1.55. The van der Waals surface area contributed by atoms with Gasteiger partial charge in [-0.05, 0) is 30.6 Å². The number of ketones is 1. The van der Waals surface area contributed by atoms with Crippen LogP contribution in [0.2, 0.25) is 0 Å². The summed E-state index contributed by atoms with van der Waals surface area (Å²) in [5.74, 6) is 9.26. The van der Waals surface area contributed by atoms with Gasteiger partial charge in [-0.15, -0.1) is 0 Å². The van der Waals surface area contributed by atoms with Crippen LogP contribution < -0.4 is 0 Å². The summed E-state index contributed by atoms with van der Waals surface area (Å²) in [7, 11) is 0. The van der Waals surface area contributed by atoms with Gasteiger partial charge in [-0.2, -0.15) is 0 Å². The second-order valence-electron chi connectivity index (χ2n) is 4.51. The molecule has 0 aromatic heterocycles. The monoisotopic (exact) mass is 276 g/mol. The molecule has 0 aromatic carbocycles. The van der Waals surface area contributed by atoms with Crippen molar-refractivity contribution in [2.24, 2.45) is 0 Å². The summed E-state index contributed by atoms with van der Waals surface area (Å²) in [5, 5.41) is 19.2. The molecule has 0 aliphatic heterocycles. The number of Topliss-reactive ketones (excluding diaryl/α,β-unsaturated/α-hetero) is 1. The average molecular weight is 276 g/mol. The standard InChI is InChI=1S/C17H24O3/c1-3-5-6-7-8-9-13-16(19)17(20)14-11-10-12-15(18)4-2/h9,13,16-17,19-20H,3-8H2,1-2H3/b13-9+. The van der Waals surface area contributed by atoms with E-state index in [1.54, 1.807) is 13.0 Å². The maximum Gasteiger partial charge on any atom is 0.206 e. The summed E-state index contributed by atoms with van der Waals surface area (Å²) in [6, 6.07) is 0. The molecule has 3 heteroatoms. The lowest BCUT2D eigenvalue weighted by Gasteiger charge is -2.06. The van der Waals surface area contributed by atoms with Gasteiger partial charge in [-0.3, -0.25) is 4.79 Å². The second-order valence-corrected chi connectivity index (χ2v) is 4.51. The van der Waals surface area contributed by atoms with Crippen molar-refractivity contribution in [2.45, 2.75) is 64.6 Å². The molecule has 0 aliphatic rings. The lowest BCUT2D eigenvalue weighted by atomic mass is 10.1. The highest BCUT2D eigenvalue weighted by atomic mass is 16.3. The van der Waals surface area contributed by atoms with E-state index in [0.29, 0.717) is 6.42 Å². The minimum atomic E-state index is -1.17. The molecule has 0 aliphatic carbocycles. The summed E-state index contributed by atoms with van der Waals surface area (Å²) < 4.78 is 0. The van der Waals surface area contributed by atoms with E-state index in [0.717, 1.165) is 12.8 Å². The first-order valence-electron chi connectivity index (χ1n) is 7.19. The predicted molar refractivity (Wildman–Crippen MR) is 80.8 cm³/mol. The minimum Gasteiger partial charge on any atom is -0.385 e. The Kier molecular flexibility index (Phi) is 11.5. The first-order chi connectivity index (χ1) is 9.61. The van der Waals surface area contributed by atoms with Crippen molar-refractivity contribution < 1.29 is 15.0 Å². The fraction of sp³-hybridized carbons (Fsp3) is 0.588. The zero-order valence-corrected chi connectivity index (χ0v) is 12.4. The van der Waals surface area contributed by atoms with E-state index in [2.05, 4.69) is 30.6 Å². The van der Waals surface area contributed by atoms with Gasteiger partial charge in [0.25, 0.3) is 0 Å². The topological polar surface area (TPSA) is 57.5 Å². The zero-order chi connectivity index (χ0) is 15.2. The summed E-state index contributed by atoms with van der Waals surface area (Å²) in [6.07, 6.45) is 7.15. The van der Waals surface area contributed by atoms with E-state index in [1.807, 2.05) is 6.08 Å². The molecule has 0 heterocycles. The quantitative estimate of drug-likeness (QED) is 0.309. The van der Waals surface area contributed by atoms with Crippen molar-refractivity contribution in [3.05, 3.63) is 12.2 Å². The van der Waals surface area contributed by atoms with E-state index in [9.17, 15) is 15.0 Å². The SMILES string of the molecule is CCCCCC/C=C/C(O)C(O)C#CC#CC(=O)CC. The molecule has 0 saturated heterocycles. The maximum absolute atomic E-state index is 10.9. The van der Waals surface area contributed by atoms with Crippen LogP contribution in [0.25, 0.3) is 0 Å². The molecule has 0 amide bonds. The van der Waals surface area contributed by atoms with Gasteiger partial charge in [-0.25, -0.2) is 0 Å². The van der Waals surface area contributed by atoms with E-state index >= 15 is 0 Å². The maximum atomic E-state index is 10.9. The van der Waals surface area contributed by atoms with Crippen LogP contribution in [0.3, 0.4) is 0 Å². The van der Waals surface area contributed by atoms with Crippen LogP contribution in [0.1, 0.15) is 52.4 Å². The molecule has 2 unspecified atom stereocenters. The first-order valence-corrected chi connectivity index (χ1v) is 7.19.